The van der Waals surface area contributed by atoms with Crippen molar-refractivity contribution in [3.05, 3.63) is 28.0 Å². The summed E-state index contributed by atoms with van der Waals surface area (Å²) in [4.78, 5) is 29.9. The fourth-order valence-corrected chi connectivity index (χ4v) is 2.79. The maximum atomic E-state index is 12.2. The minimum atomic E-state index is -0.503. The first-order valence-electron chi connectivity index (χ1n) is 7.30. The molecule has 1 aromatic heterocycles. The molecule has 0 aliphatic carbocycles. The smallest absolute Gasteiger partial charge is 0.329 e. The summed E-state index contributed by atoms with van der Waals surface area (Å²) in [6.45, 7) is 2.49. The summed E-state index contributed by atoms with van der Waals surface area (Å²) >= 11 is 11.8. The van der Waals surface area contributed by atoms with Gasteiger partial charge in [0.05, 0.1) is 10.7 Å². The van der Waals surface area contributed by atoms with Crippen molar-refractivity contribution in [2.75, 3.05) is 6.54 Å². The average Bonchev–Trinajstić information content (AvgIpc) is 2.98. The quantitative estimate of drug-likeness (QED) is 0.607. The van der Waals surface area contributed by atoms with Gasteiger partial charge in [-0.3, -0.25) is 4.79 Å². The van der Waals surface area contributed by atoms with Crippen LogP contribution in [0.15, 0.2) is 12.1 Å². The van der Waals surface area contributed by atoms with Gasteiger partial charge < -0.3 is 9.64 Å². The average molecular weight is 345 g/mol. The molecule has 5 nitrogen and oxygen atoms in total. The fraction of sp³-hybridized carbons (Fsp3) is 0.533. The van der Waals surface area contributed by atoms with Crippen molar-refractivity contribution in [1.29, 1.82) is 0 Å². The van der Waals surface area contributed by atoms with Crippen LogP contribution >= 0.6 is 23.2 Å². The van der Waals surface area contributed by atoms with Gasteiger partial charge >= 0.3 is 5.97 Å². The summed E-state index contributed by atoms with van der Waals surface area (Å²) in [5.74, 6) is -0.416. The Kier molecular flexibility index (Phi) is 6.03. The van der Waals surface area contributed by atoms with E-state index in [4.69, 9.17) is 27.9 Å². The number of likely N-dealkylation sites (tertiary alicyclic amines) is 1. The van der Waals surface area contributed by atoms with Gasteiger partial charge in [-0.05, 0) is 31.4 Å². The van der Waals surface area contributed by atoms with E-state index in [2.05, 4.69) is 4.98 Å². The van der Waals surface area contributed by atoms with Gasteiger partial charge in [0.25, 0.3) is 0 Å². The highest BCUT2D eigenvalue weighted by Crippen LogP contribution is 2.22. The molecule has 2 rings (SSSR count). The van der Waals surface area contributed by atoms with Gasteiger partial charge in [-0.2, -0.15) is 0 Å². The molecule has 2 heterocycles. The molecule has 1 saturated heterocycles. The number of rotatable bonds is 5. The Labute approximate surface area is 139 Å². The zero-order valence-corrected chi connectivity index (χ0v) is 13.9. The van der Waals surface area contributed by atoms with Crippen molar-refractivity contribution < 1.29 is 14.3 Å². The number of carbonyl (C=O) groups excluding carboxylic acids is 2. The van der Waals surface area contributed by atoms with E-state index in [1.807, 2.05) is 6.92 Å². The molecule has 1 atom stereocenters. The number of halogens is 2. The summed E-state index contributed by atoms with van der Waals surface area (Å²) in [5, 5.41) is 0.679. The van der Waals surface area contributed by atoms with Crippen molar-refractivity contribution in [1.82, 2.24) is 9.88 Å². The summed E-state index contributed by atoms with van der Waals surface area (Å²) < 4.78 is 5.27. The van der Waals surface area contributed by atoms with E-state index in [0.29, 0.717) is 30.1 Å². The highest BCUT2D eigenvalue weighted by molar-refractivity contribution is 6.32. The minimum Gasteiger partial charge on any atom is -0.458 e. The lowest BCUT2D eigenvalue weighted by molar-refractivity contribution is -0.154. The van der Waals surface area contributed by atoms with E-state index < -0.39 is 12.0 Å². The molecule has 0 bridgehead atoms. The largest absolute Gasteiger partial charge is 0.458 e. The normalized spacial score (nSPS) is 17.6. The van der Waals surface area contributed by atoms with Crippen LogP contribution in [0.25, 0.3) is 0 Å². The van der Waals surface area contributed by atoms with Crippen molar-refractivity contribution in [3.8, 4) is 0 Å². The van der Waals surface area contributed by atoms with Crippen LogP contribution in [0, 0.1) is 0 Å². The number of hydrogen-bond donors (Lipinski definition) is 0. The van der Waals surface area contributed by atoms with E-state index in [0.717, 1.165) is 12.8 Å². The number of hydrogen-bond acceptors (Lipinski definition) is 4. The van der Waals surface area contributed by atoms with E-state index >= 15 is 0 Å². The van der Waals surface area contributed by atoms with Crippen LogP contribution in [-0.2, 0) is 20.9 Å². The number of pyridine rings is 1. The Morgan fingerprint density at radius 2 is 2.18 bits per heavy atom. The molecule has 1 fully saturated rings. The third-order valence-electron chi connectivity index (χ3n) is 3.54. The Morgan fingerprint density at radius 3 is 2.91 bits per heavy atom. The molecule has 1 aromatic rings. The Bertz CT molecular complexity index is 566. The van der Waals surface area contributed by atoms with Crippen LogP contribution in [0.2, 0.25) is 10.2 Å². The van der Waals surface area contributed by atoms with Gasteiger partial charge in [0.1, 0.15) is 17.8 Å². The SMILES string of the molecule is CCCC(=O)N1CCC[C@H]1C(=O)OCc1nc(Cl)ccc1Cl. The molecule has 0 N–H and O–H groups in total. The molecule has 1 aliphatic rings. The molecule has 0 aromatic carbocycles. The minimum absolute atomic E-state index is 0.000799. The van der Waals surface area contributed by atoms with Crippen LogP contribution in [0.1, 0.15) is 38.3 Å². The maximum absolute atomic E-state index is 12.2. The predicted molar refractivity (Wildman–Crippen MR) is 83.7 cm³/mol. The predicted octanol–water partition coefficient (Wildman–Crippen LogP) is 3.22. The van der Waals surface area contributed by atoms with E-state index in [-0.39, 0.29) is 17.7 Å². The molecule has 0 saturated carbocycles. The molecule has 0 radical (unpaired) electrons. The molecule has 0 spiro atoms. The molecule has 1 amide bonds. The molecular formula is C15H18Cl2N2O3. The Balaban J connectivity index is 1.96. The van der Waals surface area contributed by atoms with Crippen LogP contribution in [0.5, 0.6) is 0 Å². The monoisotopic (exact) mass is 344 g/mol. The summed E-state index contributed by atoms with van der Waals surface area (Å²) in [6, 6.07) is 2.67. The third-order valence-corrected chi connectivity index (χ3v) is 4.10. The number of nitrogens with zero attached hydrogens (tertiary/aromatic N) is 2. The number of amides is 1. The first-order valence-corrected chi connectivity index (χ1v) is 8.05. The second kappa shape index (κ2) is 7.79. The second-order valence-electron chi connectivity index (χ2n) is 5.17. The van der Waals surface area contributed by atoms with E-state index in [9.17, 15) is 9.59 Å². The van der Waals surface area contributed by atoms with Gasteiger partial charge in [0.2, 0.25) is 5.91 Å². The first kappa shape index (κ1) is 17.0. The fourth-order valence-electron chi connectivity index (χ4n) is 2.46. The number of esters is 1. The third kappa shape index (κ3) is 4.11. The Hall–Kier alpha value is -1.33. The second-order valence-corrected chi connectivity index (χ2v) is 5.96. The molecule has 22 heavy (non-hydrogen) atoms. The van der Waals surface area contributed by atoms with Crippen LogP contribution in [0.4, 0.5) is 0 Å². The molecular weight excluding hydrogens is 327 g/mol. The molecule has 120 valence electrons. The topological polar surface area (TPSA) is 59.5 Å². The van der Waals surface area contributed by atoms with Crippen molar-refractivity contribution in [2.24, 2.45) is 0 Å². The molecule has 7 heteroatoms. The molecule has 0 unspecified atom stereocenters. The number of ether oxygens (including phenoxy) is 1. The summed E-state index contributed by atoms with van der Waals surface area (Å²) in [5.41, 5.74) is 0.409. The van der Waals surface area contributed by atoms with Crippen molar-refractivity contribution in [2.45, 2.75) is 45.3 Å². The van der Waals surface area contributed by atoms with E-state index in [1.54, 1.807) is 17.0 Å². The van der Waals surface area contributed by atoms with Gasteiger partial charge in [0.15, 0.2) is 0 Å². The van der Waals surface area contributed by atoms with Gasteiger partial charge in [0, 0.05) is 13.0 Å². The highest BCUT2D eigenvalue weighted by Gasteiger charge is 2.34. The lowest BCUT2D eigenvalue weighted by Gasteiger charge is -2.23. The van der Waals surface area contributed by atoms with Gasteiger partial charge in [-0.1, -0.05) is 30.1 Å². The van der Waals surface area contributed by atoms with Crippen molar-refractivity contribution in [3.63, 3.8) is 0 Å². The van der Waals surface area contributed by atoms with Gasteiger partial charge in [-0.15, -0.1) is 0 Å². The summed E-state index contributed by atoms with van der Waals surface area (Å²) in [6.07, 6.45) is 2.65. The first-order chi connectivity index (χ1) is 10.5. The van der Waals surface area contributed by atoms with E-state index in [1.165, 1.54) is 0 Å². The standard InChI is InChI=1S/C15H18Cl2N2O3/c1-2-4-14(20)19-8-3-5-12(19)15(21)22-9-11-10(16)6-7-13(17)18-11/h6-7,12H,2-5,8-9H2,1H3/t12-/m0/s1. The van der Waals surface area contributed by atoms with Crippen LogP contribution in [0.3, 0.4) is 0 Å². The lowest BCUT2D eigenvalue weighted by Crippen LogP contribution is -2.41. The van der Waals surface area contributed by atoms with Crippen LogP contribution in [-0.4, -0.2) is 34.3 Å². The highest BCUT2D eigenvalue weighted by atomic mass is 35.5. The van der Waals surface area contributed by atoms with Crippen molar-refractivity contribution >= 4 is 35.1 Å². The molecule has 1 aliphatic heterocycles. The number of carbonyl (C=O) groups is 2. The maximum Gasteiger partial charge on any atom is 0.329 e. The van der Waals surface area contributed by atoms with Gasteiger partial charge in [-0.25, -0.2) is 9.78 Å². The lowest BCUT2D eigenvalue weighted by atomic mass is 10.2. The zero-order valence-electron chi connectivity index (χ0n) is 12.3. The Morgan fingerprint density at radius 1 is 1.41 bits per heavy atom. The zero-order chi connectivity index (χ0) is 16.1. The number of aromatic nitrogens is 1. The van der Waals surface area contributed by atoms with Crippen LogP contribution < -0.4 is 0 Å². The summed E-state index contributed by atoms with van der Waals surface area (Å²) in [7, 11) is 0.